The summed E-state index contributed by atoms with van der Waals surface area (Å²) in [6.07, 6.45) is 2.47. The van der Waals surface area contributed by atoms with Crippen LogP contribution in [0.3, 0.4) is 0 Å². The van der Waals surface area contributed by atoms with Gasteiger partial charge in [0, 0.05) is 13.1 Å². The first-order valence-corrected chi connectivity index (χ1v) is 5.91. The minimum atomic E-state index is 0.829. The molecule has 78 valence electrons. The summed E-state index contributed by atoms with van der Waals surface area (Å²) in [4.78, 5) is 8.61. The van der Waals surface area contributed by atoms with E-state index in [9.17, 15) is 0 Å². The first-order chi connectivity index (χ1) is 6.76. The molecule has 0 unspecified atom stereocenters. The molecule has 0 aliphatic heterocycles. The third kappa shape index (κ3) is 3.54. The van der Waals surface area contributed by atoms with Crippen molar-refractivity contribution in [1.82, 2.24) is 9.97 Å². The Morgan fingerprint density at radius 1 is 1.43 bits per heavy atom. The highest BCUT2D eigenvalue weighted by Gasteiger charge is 2.00. The molecule has 14 heavy (non-hydrogen) atoms. The summed E-state index contributed by atoms with van der Waals surface area (Å²) in [5, 5.41) is 4.10. The van der Waals surface area contributed by atoms with Crippen molar-refractivity contribution in [2.75, 3.05) is 18.1 Å². The predicted molar refractivity (Wildman–Crippen MR) is 61.9 cm³/mol. The van der Waals surface area contributed by atoms with Gasteiger partial charge in [-0.05, 0) is 19.1 Å². The van der Waals surface area contributed by atoms with Crippen molar-refractivity contribution < 1.29 is 0 Å². The van der Waals surface area contributed by atoms with Crippen molar-refractivity contribution in [3.63, 3.8) is 0 Å². The zero-order chi connectivity index (χ0) is 10.4. The first kappa shape index (κ1) is 11.3. The average Bonchev–Trinajstić information content (AvgIpc) is 2.17. The zero-order valence-electron chi connectivity index (χ0n) is 9.00. The lowest BCUT2D eigenvalue weighted by Gasteiger charge is -2.04. The van der Waals surface area contributed by atoms with Crippen LogP contribution in [0.4, 0.5) is 5.82 Å². The number of aromatic nitrogens is 2. The summed E-state index contributed by atoms with van der Waals surface area (Å²) < 4.78 is 0. The number of thioether (sulfide) groups is 1. The van der Waals surface area contributed by atoms with E-state index in [0.717, 1.165) is 22.4 Å². The number of aryl methyl sites for hydroxylation is 1. The number of anilines is 1. The minimum Gasteiger partial charge on any atom is -0.373 e. The quantitative estimate of drug-likeness (QED) is 0.461. The molecule has 1 aromatic heterocycles. The van der Waals surface area contributed by atoms with Gasteiger partial charge in [0.05, 0.1) is 0 Å². The number of unbranched alkanes of at least 4 members (excludes halogenated alkanes) is 1. The highest BCUT2D eigenvalue weighted by molar-refractivity contribution is 7.99. The normalized spacial score (nSPS) is 10.2. The Balaban J connectivity index is 2.62. The van der Waals surface area contributed by atoms with Crippen LogP contribution in [0, 0.1) is 6.92 Å². The molecule has 0 radical (unpaired) electrons. The maximum Gasteiger partial charge on any atom is 0.130 e. The molecule has 0 bridgehead atoms. The van der Waals surface area contributed by atoms with Crippen molar-refractivity contribution in [3.05, 3.63) is 11.9 Å². The number of hydrogen-bond acceptors (Lipinski definition) is 4. The standard InChI is InChI=1S/C10H17N3S/c1-4-5-6-14-10-7-9(11-3)12-8(2)13-10/h7H,4-6H2,1-3H3,(H,11,12,13). The smallest absolute Gasteiger partial charge is 0.130 e. The Labute approximate surface area is 89.7 Å². The summed E-state index contributed by atoms with van der Waals surface area (Å²) in [6, 6.07) is 1.99. The Morgan fingerprint density at radius 2 is 2.21 bits per heavy atom. The zero-order valence-corrected chi connectivity index (χ0v) is 9.82. The van der Waals surface area contributed by atoms with Crippen LogP contribution in [0.2, 0.25) is 0 Å². The van der Waals surface area contributed by atoms with Gasteiger partial charge in [0.25, 0.3) is 0 Å². The Hall–Kier alpha value is -0.770. The molecule has 0 saturated heterocycles. The van der Waals surface area contributed by atoms with E-state index in [0.29, 0.717) is 0 Å². The fourth-order valence-corrected chi connectivity index (χ4v) is 2.10. The third-order valence-electron chi connectivity index (χ3n) is 1.82. The van der Waals surface area contributed by atoms with E-state index in [2.05, 4.69) is 22.2 Å². The van der Waals surface area contributed by atoms with Crippen LogP contribution in [0.1, 0.15) is 25.6 Å². The van der Waals surface area contributed by atoms with Gasteiger partial charge in [0.1, 0.15) is 16.7 Å². The molecule has 1 aromatic rings. The van der Waals surface area contributed by atoms with Gasteiger partial charge in [0.2, 0.25) is 0 Å². The Kier molecular flexibility index (Phi) is 4.73. The van der Waals surface area contributed by atoms with Crippen molar-refractivity contribution in [2.45, 2.75) is 31.7 Å². The van der Waals surface area contributed by atoms with Crippen LogP contribution < -0.4 is 5.32 Å². The fourth-order valence-electron chi connectivity index (χ4n) is 1.06. The Bertz CT molecular complexity index is 289. The first-order valence-electron chi connectivity index (χ1n) is 4.92. The fraction of sp³-hybridized carbons (Fsp3) is 0.600. The van der Waals surface area contributed by atoms with Crippen LogP contribution in [-0.2, 0) is 0 Å². The number of hydrogen-bond donors (Lipinski definition) is 1. The molecule has 0 fully saturated rings. The molecule has 3 nitrogen and oxygen atoms in total. The maximum absolute atomic E-state index is 4.37. The Morgan fingerprint density at radius 3 is 2.86 bits per heavy atom. The van der Waals surface area contributed by atoms with Gasteiger partial charge < -0.3 is 5.32 Å². The number of nitrogens with one attached hydrogen (secondary N) is 1. The van der Waals surface area contributed by atoms with Crippen LogP contribution in [0.25, 0.3) is 0 Å². The van der Waals surface area contributed by atoms with Crippen LogP contribution >= 0.6 is 11.8 Å². The molecule has 0 atom stereocenters. The summed E-state index contributed by atoms with van der Waals surface area (Å²) in [7, 11) is 1.88. The van der Waals surface area contributed by atoms with Crippen LogP contribution in [-0.4, -0.2) is 22.8 Å². The van der Waals surface area contributed by atoms with Gasteiger partial charge in [-0.2, -0.15) is 0 Å². The number of nitrogens with zero attached hydrogens (tertiary/aromatic N) is 2. The van der Waals surface area contributed by atoms with Crippen molar-refractivity contribution in [2.24, 2.45) is 0 Å². The lowest BCUT2D eigenvalue weighted by atomic mass is 10.4. The van der Waals surface area contributed by atoms with Crippen molar-refractivity contribution in [3.8, 4) is 0 Å². The molecule has 0 aliphatic rings. The second-order valence-corrected chi connectivity index (χ2v) is 4.21. The van der Waals surface area contributed by atoms with Gasteiger partial charge >= 0.3 is 0 Å². The van der Waals surface area contributed by atoms with Crippen LogP contribution in [0.15, 0.2) is 11.1 Å². The monoisotopic (exact) mass is 211 g/mol. The molecule has 0 aliphatic carbocycles. The lowest BCUT2D eigenvalue weighted by Crippen LogP contribution is -1.97. The van der Waals surface area contributed by atoms with E-state index in [1.54, 1.807) is 11.8 Å². The summed E-state index contributed by atoms with van der Waals surface area (Å²) in [5.41, 5.74) is 0. The molecule has 0 saturated carbocycles. The molecule has 1 N–H and O–H groups in total. The molecule has 4 heteroatoms. The summed E-state index contributed by atoms with van der Waals surface area (Å²) >= 11 is 1.80. The maximum atomic E-state index is 4.37. The van der Waals surface area contributed by atoms with E-state index < -0.39 is 0 Å². The highest BCUT2D eigenvalue weighted by atomic mass is 32.2. The van der Waals surface area contributed by atoms with E-state index in [1.807, 2.05) is 20.0 Å². The molecule has 1 rings (SSSR count). The van der Waals surface area contributed by atoms with Crippen molar-refractivity contribution >= 4 is 17.6 Å². The van der Waals surface area contributed by atoms with Gasteiger partial charge in [-0.15, -0.1) is 11.8 Å². The summed E-state index contributed by atoms with van der Waals surface area (Å²) in [6.45, 7) is 4.12. The topological polar surface area (TPSA) is 37.8 Å². The van der Waals surface area contributed by atoms with Crippen molar-refractivity contribution in [1.29, 1.82) is 0 Å². The van der Waals surface area contributed by atoms with Crippen LogP contribution in [0.5, 0.6) is 0 Å². The van der Waals surface area contributed by atoms with E-state index in [4.69, 9.17) is 0 Å². The number of rotatable bonds is 5. The summed E-state index contributed by atoms with van der Waals surface area (Å²) in [5.74, 6) is 2.86. The van der Waals surface area contributed by atoms with Gasteiger partial charge in [-0.3, -0.25) is 0 Å². The average molecular weight is 211 g/mol. The van der Waals surface area contributed by atoms with E-state index >= 15 is 0 Å². The minimum absolute atomic E-state index is 0.829. The molecular formula is C10H17N3S. The second-order valence-electron chi connectivity index (χ2n) is 3.09. The van der Waals surface area contributed by atoms with Gasteiger partial charge in [0.15, 0.2) is 0 Å². The molecule has 0 amide bonds. The molecule has 1 heterocycles. The highest BCUT2D eigenvalue weighted by Crippen LogP contribution is 2.19. The largest absolute Gasteiger partial charge is 0.373 e. The molecule has 0 spiro atoms. The van der Waals surface area contributed by atoms with E-state index in [-0.39, 0.29) is 0 Å². The van der Waals surface area contributed by atoms with Gasteiger partial charge in [-0.25, -0.2) is 9.97 Å². The third-order valence-corrected chi connectivity index (χ3v) is 2.82. The van der Waals surface area contributed by atoms with E-state index in [1.165, 1.54) is 12.8 Å². The molecule has 0 aromatic carbocycles. The lowest BCUT2D eigenvalue weighted by molar-refractivity contribution is 0.892. The predicted octanol–water partition coefficient (Wildman–Crippen LogP) is 2.72. The van der Waals surface area contributed by atoms with Gasteiger partial charge in [-0.1, -0.05) is 13.3 Å². The SMILES string of the molecule is CCCCSc1cc(NC)nc(C)n1. The molecular weight excluding hydrogens is 194 g/mol. The second kappa shape index (κ2) is 5.86.